The molecule has 16 heavy (non-hydrogen) atoms. The summed E-state index contributed by atoms with van der Waals surface area (Å²) in [6.07, 6.45) is 1.40. The molecule has 6 nitrogen and oxygen atoms in total. The summed E-state index contributed by atoms with van der Waals surface area (Å²) >= 11 is 1.51. The Balaban J connectivity index is 2.01. The third-order valence-electron chi connectivity index (χ3n) is 2.00. The van der Waals surface area contributed by atoms with E-state index in [-0.39, 0.29) is 5.91 Å². The van der Waals surface area contributed by atoms with Crippen molar-refractivity contribution < 1.29 is 4.79 Å². The van der Waals surface area contributed by atoms with Crippen molar-refractivity contribution in [3.63, 3.8) is 0 Å². The topological polar surface area (TPSA) is 83.6 Å². The molecule has 0 spiro atoms. The van der Waals surface area contributed by atoms with Crippen LogP contribution in [0.5, 0.6) is 0 Å². The second-order valence-corrected chi connectivity index (χ2v) is 4.66. The van der Waals surface area contributed by atoms with Gasteiger partial charge in [-0.05, 0) is 13.8 Å². The van der Waals surface area contributed by atoms with Crippen LogP contribution in [0.25, 0.3) is 0 Å². The number of aromatic amines is 1. The van der Waals surface area contributed by atoms with E-state index in [1.54, 1.807) is 0 Å². The van der Waals surface area contributed by atoms with Gasteiger partial charge in [0.15, 0.2) is 0 Å². The van der Waals surface area contributed by atoms with Gasteiger partial charge in [-0.2, -0.15) is 5.10 Å². The normalized spacial score (nSPS) is 10.4. The van der Waals surface area contributed by atoms with E-state index in [9.17, 15) is 4.79 Å². The smallest absolute Gasteiger partial charge is 0.271 e. The molecule has 0 aliphatic heterocycles. The average molecular weight is 237 g/mol. The Labute approximate surface area is 96.1 Å². The van der Waals surface area contributed by atoms with Crippen molar-refractivity contribution in [2.75, 3.05) is 0 Å². The van der Waals surface area contributed by atoms with Gasteiger partial charge in [-0.1, -0.05) is 0 Å². The number of hydrogen-bond donors (Lipinski definition) is 2. The van der Waals surface area contributed by atoms with Crippen molar-refractivity contribution in [2.45, 2.75) is 20.4 Å². The predicted molar refractivity (Wildman–Crippen MR) is 59.1 cm³/mol. The third kappa shape index (κ3) is 2.25. The van der Waals surface area contributed by atoms with E-state index in [0.717, 1.165) is 9.88 Å². The van der Waals surface area contributed by atoms with Crippen LogP contribution in [0, 0.1) is 13.8 Å². The van der Waals surface area contributed by atoms with E-state index in [4.69, 9.17) is 0 Å². The highest BCUT2D eigenvalue weighted by atomic mass is 32.1. The molecule has 2 aromatic rings. The molecule has 2 aromatic heterocycles. The second kappa shape index (κ2) is 4.40. The summed E-state index contributed by atoms with van der Waals surface area (Å²) in [4.78, 5) is 20.7. The molecule has 2 N–H and O–H groups in total. The molecule has 0 aromatic carbocycles. The molecule has 0 fully saturated rings. The maximum Gasteiger partial charge on any atom is 0.271 e. The van der Waals surface area contributed by atoms with E-state index >= 15 is 0 Å². The second-order valence-electron chi connectivity index (χ2n) is 3.25. The molecule has 2 heterocycles. The van der Waals surface area contributed by atoms with E-state index in [1.165, 1.54) is 17.7 Å². The Morgan fingerprint density at radius 3 is 2.94 bits per heavy atom. The van der Waals surface area contributed by atoms with Crippen molar-refractivity contribution >= 4 is 17.2 Å². The minimum Gasteiger partial charge on any atom is -0.343 e. The number of carbonyl (C=O) groups excluding carboxylic acids is 1. The number of nitrogens with one attached hydrogen (secondary N) is 2. The van der Waals surface area contributed by atoms with Gasteiger partial charge in [0.05, 0.1) is 11.6 Å². The minimum absolute atomic E-state index is 0.182. The van der Waals surface area contributed by atoms with Crippen molar-refractivity contribution in [3.8, 4) is 0 Å². The van der Waals surface area contributed by atoms with Crippen LogP contribution in [0.4, 0.5) is 0 Å². The third-order valence-corrected chi connectivity index (χ3v) is 2.89. The quantitative estimate of drug-likeness (QED) is 0.827. The van der Waals surface area contributed by atoms with Crippen LogP contribution in [0.3, 0.4) is 0 Å². The lowest BCUT2D eigenvalue weighted by molar-refractivity contribution is 0.0945. The predicted octanol–water partition coefficient (Wildman–Crippen LogP) is 0.808. The first kappa shape index (κ1) is 10.7. The van der Waals surface area contributed by atoms with E-state index in [1.807, 2.05) is 13.8 Å². The van der Waals surface area contributed by atoms with Crippen molar-refractivity contribution in [1.29, 1.82) is 0 Å². The summed E-state index contributed by atoms with van der Waals surface area (Å²) < 4.78 is 0. The van der Waals surface area contributed by atoms with Crippen LogP contribution < -0.4 is 5.32 Å². The van der Waals surface area contributed by atoms with Gasteiger partial charge >= 0.3 is 0 Å². The first-order valence-electron chi connectivity index (χ1n) is 4.73. The molecule has 0 atom stereocenters. The fourth-order valence-corrected chi connectivity index (χ4v) is 2.12. The number of H-pyrrole nitrogens is 1. The van der Waals surface area contributed by atoms with Crippen LogP contribution in [-0.4, -0.2) is 26.1 Å². The van der Waals surface area contributed by atoms with Crippen molar-refractivity contribution in [3.05, 3.63) is 27.7 Å². The highest BCUT2D eigenvalue weighted by molar-refractivity contribution is 7.11. The molecule has 1 amide bonds. The molecule has 7 heteroatoms. The van der Waals surface area contributed by atoms with Gasteiger partial charge in [-0.25, -0.2) is 9.97 Å². The fraction of sp³-hybridized carbons (Fsp3) is 0.333. The maximum absolute atomic E-state index is 11.7. The fourth-order valence-electron chi connectivity index (χ4n) is 1.30. The highest BCUT2D eigenvalue weighted by Gasteiger charge is 2.13. The SMILES string of the molecule is Cc1nc(C(=O)NCc2ncn[nH]2)c(C)s1. The van der Waals surface area contributed by atoms with Crippen LogP contribution in [0.2, 0.25) is 0 Å². The first-order chi connectivity index (χ1) is 7.66. The molecular formula is C9H11N5OS. The van der Waals surface area contributed by atoms with Crippen LogP contribution >= 0.6 is 11.3 Å². The molecule has 0 saturated heterocycles. The van der Waals surface area contributed by atoms with Gasteiger partial charge in [-0.15, -0.1) is 11.3 Å². The number of thiazole rings is 1. The summed E-state index contributed by atoms with van der Waals surface area (Å²) in [5.74, 6) is 0.441. The Bertz CT molecular complexity index is 490. The average Bonchev–Trinajstić information content (AvgIpc) is 2.84. The molecule has 0 aliphatic rings. The lowest BCUT2D eigenvalue weighted by Gasteiger charge is -2.00. The Kier molecular flexibility index (Phi) is 2.95. The lowest BCUT2D eigenvalue weighted by atomic mass is 10.3. The number of nitrogens with zero attached hydrogens (tertiary/aromatic N) is 3. The lowest BCUT2D eigenvalue weighted by Crippen LogP contribution is -2.24. The van der Waals surface area contributed by atoms with Crippen molar-refractivity contribution in [1.82, 2.24) is 25.5 Å². The maximum atomic E-state index is 11.7. The monoisotopic (exact) mass is 237 g/mol. The summed E-state index contributed by atoms with van der Waals surface area (Å²) in [7, 11) is 0. The van der Waals surface area contributed by atoms with Gasteiger partial charge in [-0.3, -0.25) is 9.89 Å². The molecule has 0 radical (unpaired) electrons. The van der Waals surface area contributed by atoms with Gasteiger partial charge in [0.1, 0.15) is 17.8 Å². The number of aromatic nitrogens is 4. The number of hydrogen-bond acceptors (Lipinski definition) is 5. The molecule has 0 unspecified atom stereocenters. The van der Waals surface area contributed by atoms with Crippen LogP contribution in [0.1, 0.15) is 26.2 Å². The standard InChI is InChI=1S/C9H11N5OS/c1-5-8(13-6(2)16-5)9(15)10-3-7-11-4-12-14-7/h4H,3H2,1-2H3,(H,10,15)(H,11,12,14). The highest BCUT2D eigenvalue weighted by Crippen LogP contribution is 2.15. The number of carbonyl (C=O) groups is 1. The summed E-state index contributed by atoms with van der Waals surface area (Å²) in [5.41, 5.74) is 0.488. The number of amides is 1. The largest absolute Gasteiger partial charge is 0.343 e. The summed E-state index contributed by atoms with van der Waals surface area (Å²) in [6, 6.07) is 0. The Hall–Kier alpha value is -1.76. The molecular weight excluding hydrogens is 226 g/mol. The molecule has 84 valence electrons. The van der Waals surface area contributed by atoms with Crippen LogP contribution in [0.15, 0.2) is 6.33 Å². The Morgan fingerprint density at radius 2 is 2.38 bits per heavy atom. The zero-order chi connectivity index (χ0) is 11.5. The van der Waals surface area contributed by atoms with Gasteiger partial charge < -0.3 is 5.32 Å². The first-order valence-corrected chi connectivity index (χ1v) is 5.55. The van der Waals surface area contributed by atoms with E-state index < -0.39 is 0 Å². The van der Waals surface area contributed by atoms with Gasteiger partial charge in [0.25, 0.3) is 5.91 Å². The zero-order valence-corrected chi connectivity index (χ0v) is 9.76. The number of aryl methyl sites for hydroxylation is 2. The summed E-state index contributed by atoms with van der Waals surface area (Å²) in [6.45, 7) is 4.09. The minimum atomic E-state index is -0.182. The van der Waals surface area contributed by atoms with E-state index in [2.05, 4.69) is 25.5 Å². The molecule has 0 aliphatic carbocycles. The summed E-state index contributed by atoms with van der Waals surface area (Å²) in [5, 5.41) is 9.98. The zero-order valence-electron chi connectivity index (χ0n) is 8.94. The van der Waals surface area contributed by atoms with Crippen molar-refractivity contribution in [2.24, 2.45) is 0 Å². The number of rotatable bonds is 3. The Morgan fingerprint density at radius 1 is 1.56 bits per heavy atom. The van der Waals surface area contributed by atoms with Gasteiger partial charge in [0, 0.05) is 4.88 Å². The molecule has 0 saturated carbocycles. The van der Waals surface area contributed by atoms with Crippen LogP contribution in [-0.2, 0) is 6.54 Å². The van der Waals surface area contributed by atoms with Gasteiger partial charge in [0.2, 0.25) is 0 Å². The molecule has 2 rings (SSSR count). The molecule has 0 bridgehead atoms. The van der Waals surface area contributed by atoms with E-state index in [0.29, 0.717) is 18.1 Å².